The van der Waals surface area contributed by atoms with Gasteiger partial charge in [-0.15, -0.1) is 0 Å². The van der Waals surface area contributed by atoms with E-state index in [-0.39, 0.29) is 5.69 Å². The molecule has 0 saturated heterocycles. The average molecular weight is 372 g/mol. The van der Waals surface area contributed by atoms with Gasteiger partial charge in [-0.1, -0.05) is 17.7 Å². The smallest absolute Gasteiger partial charge is 0.340 e. The van der Waals surface area contributed by atoms with Gasteiger partial charge in [0, 0.05) is 17.4 Å². The number of benzene rings is 2. The van der Waals surface area contributed by atoms with Crippen LogP contribution in [0.15, 0.2) is 60.9 Å². The van der Waals surface area contributed by atoms with E-state index < -0.39 is 17.6 Å². The van der Waals surface area contributed by atoms with Gasteiger partial charge >= 0.3 is 6.18 Å². The average Bonchev–Trinajstić information content (AvgIpc) is 2.63. The van der Waals surface area contributed by atoms with E-state index in [1.807, 2.05) is 19.1 Å². The third kappa shape index (κ3) is 4.81. The van der Waals surface area contributed by atoms with Crippen molar-refractivity contribution < 1.29 is 18.0 Å². The van der Waals surface area contributed by atoms with Crippen molar-refractivity contribution in [1.82, 2.24) is 9.97 Å². The molecule has 2 aromatic carbocycles. The summed E-state index contributed by atoms with van der Waals surface area (Å²) < 4.78 is 37.8. The number of halogens is 3. The lowest BCUT2D eigenvalue weighted by atomic mass is 10.2. The molecule has 1 aromatic heterocycles. The molecule has 0 unspecified atom stereocenters. The Kier molecular flexibility index (Phi) is 5.07. The van der Waals surface area contributed by atoms with Crippen molar-refractivity contribution >= 4 is 23.1 Å². The van der Waals surface area contributed by atoms with Crippen LogP contribution in [0.5, 0.6) is 0 Å². The predicted molar refractivity (Wildman–Crippen MR) is 95.9 cm³/mol. The molecule has 8 heteroatoms. The molecule has 3 rings (SSSR count). The summed E-state index contributed by atoms with van der Waals surface area (Å²) >= 11 is 0. The van der Waals surface area contributed by atoms with Crippen molar-refractivity contribution in [3.8, 4) is 0 Å². The Morgan fingerprint density at radius 3 is 2.19 bits per heavy atom. The summed E-state index contributed by atoms with van der Waals surface area (Å²) in [6.07, 6.45) is -3.19. The van der Waals surface area contributed by atoms with E-state index in [2.05, 4.69) is 20.6 Å². The largest absolute Gasteiger partial charge is 0.416 e. The number of hydrogen-bond acceptors (Lipinski definition) is 4. The zero-order chi connectivity index (χ0) is 19.4. The third-order valence-corrected chi connectivity index (χ3v) is 3.69. The van der Waals surface area contributed by atoms with Crippen molar-refractivity contribution in [2.24, 2.45) is 0 Å². The van der Waals surface area contributed by atoms with Crippen molar-refractivity contribution in [2.45, 2.75) is 13.1 Å². The van der Waals surface area contributed by atoms with Gasteiger partial charge in [0.25, 0.3) is 5.91 Å². The van der Waals surface area contributed by atoms with Crippen LogP contribution in [-0.2, 0) is 6.18 Å². The van der Waals surface area contributed by atoms with Gasteiger partial charge in [0.2, 0.25) is 0 Å². The molecule has 0 radical (unpaired) electrons. The Bertz CT molecular complexity index is 938. The zero-order valence-electron chi connectivity index (χ0n) is 14.2. The molecule has 0 atom stereocenters. The summed E-state index contributed by atoms with van der Waals surface area (Å²) in [6, 6.07) is 13.2. The van der Waals surface area contributed by atoms with E-state index in [0.717, 1.165) is 17.7 Å². The highest BCUT2D eigenvalue weighted by Crippen LogP contribution is 2.30. The minimum atomic E-state index is -4.39. The first-order valence-corrected chi connectivity index (χ1v) is 7.95. The number of aryl methyl sites for hydroxylation is 1. The van der Waals surface area contributed by atoms with E-state index in [1.54, 1.807) is 12.1 Å². The number of rotatable bonds is 4. The molecule has 0 aliphatic rings. The van der Waals surface area contributed by atoms with Crippen molar-refractivity contribution in [1.29, 1.82) is 0 Å². The Labute approximate surface area is 153 Å². The predicted octanol–water partition coefficient (Wildman–Crippen LogP) is 4.80. The minimum Gasteiger partial charge on any atom is -0.340 e. The van der Waals surface area contributed by atoms with E-state index in [4.69, 9.17) is 0 Å². The Morgan fingerprint density at radius 2 is 1.56 bits per heavy atom. The molecule has 5 nitrogen and oxygen atoms in total. The van der Waals surface area contributed by atoms with Crippen LogP contribution in [0.3, 0.4) is 0 Å². The molecule has 1 heterocycles. The Hall–Kier alpha value is -3.42. The maximum Gasteiger partial charge on any atom is 0.416 e. The van der Waals surface area contributed by atoms with Crippen LogP contribution in [0, 0.1) is 6.92 Å². The van der Waals surface area contributed by atoms with Crippen molar-refractivity contribution in [3.63, 3.8) is 0 Å². The molecule has 3 aromatic rings. The first kappa shape index (κ1) is 18.4. The van der Waals surface area contributed by atoms with Crippen molar-refractivity contribution in [3.05, 3.63) is 77.7 Å². The fraction of sp³-hybridized carbons (Fsp3) is 0.105. The highest BCUT2D eigenvalue weighted by Gasteiger charge is 2.29. The van der Waals surface area contributed by atoms with E-state index in [9.17, 15) is 18.0 Å². The van der Waals surface area contributed by atoms with Crippen LogP contribution in [0.25, 0.3) is 0 Å². The molecule has 0 bridgehead atoms. The maximum absolute atomic E-state index is 12.6. The number of hydrogen-bond donors (Lipinski definition) is 2. The maximum atomic E-state index is 12.6. The fourth-order valence-corrected chi connectivity index (χ4v) is 2.27. The summed E-state index contributed by atoms with van der Waals surface area (Å²) in [5, 5.41) is 5.57. The lowest BCUT2D eigenvalue weighted by Gasteiger charge is -2.10. The number of carbonyl (C=O) groups excluding carboxylic acids is 1. The van der Waals surface area contributed by atoms with Crippen LogP contribution in [0.2, 0.25) is 0 Å². The van der Waals surface area contributed by atoms with Crippen LogP contribution in [0.1, 0.15) is 21.6 Å². The van der Waals surface area contributed by atoms with E-state index in [0.29, 0.717) is 17.2 Å². The third-order valence-electron chi connectivity index (χ3n) is 3.69. The summed E-state index contributed by atoms with van der Waals surface area (Å²) in [7, 11) is 0. The van der Waals surface area contributed by atoms with Gasteiger partial charge in [-0.3, -0.25) is 4.79 Å². The molecule has 0 aliphatic heterocycles. The molecular weight excluding hydrogens is 357 g/mol. The van der Waals surface area contributed by atoms with Gasteiger partial charge in [0.15, 0.2) is 0 Å². The van der Waals surface area contributed by atoms with Gasteiger partial charge < -0.3 is 10.6 Å². The lowest BCUT2D eigenvalue weighted by Crippen LogP contribution is -2.14. The number of aromatic nitrogens is 2. The van der Waals surface area contributed by atoms with Crippen molar-refractivity contribution in [2.75, 3.05) is 10.6 Å². The monoisotopic (exact) mass is 372 g/mol. The Morgan fingerprint density at radius 1 is 0.926 bits per heavy atom. The second kappa shape index (κ2) is 7.45. The van der Waals surface area contributed by atoms with Crippen LogP contribution in [0.4, 0.5) is 30.4 Å². The van der Waals surface area contributed by atoms with Gasteiger partial charge in [0.05, 0.1) is 5.56 Å². The number of amides is 1. The summed E-state index contributed by atoms with van der Waals surface area (Å²) in [5.41, 5.74) is 1.49. The molecule has 1 amide bonds. The summed E-state index contributed by atoms with van der Waals surface area (Å²) in [5.74, 6) is -0.129. The highest BCUT2D eigenvalue weighted by molar-refractivity contribution is 6.03. The fourth-order valence-electron chi connectivity index (χ4n) is 2.27. The Balaban J connectivity index is 1.71. The first-order chi connectivity index (χ1) is 12.8. The highest BCUT2D eigenvalue weighted by atomic mass is 19.4. The number of anilines is 3. The van der Waals surface area contributed by atoms with Gasteiger partial charge in [-0.05, 0) is 43.3 Å². The number of nitrogens with one attached hydrogen (secondary N) is 2. The second-order valence-electron chi connectivity index (χ2n) is 5.81. The summed E-state index contributed by atoms with van der Waals surface area (Å²) in [6.45, 7) is 1.94. The number of nitrogens with zero attached hydrogens (tertiary/aromatic N) is 2. The lowest BCUT2D eigenvalue weighted by molar-refractivity contribution is -0.137. The quantitative estimate of drug-likeness (QED) is 0.690. The first-order valence-electron chi connectivity index (χ1n) is 7.95. The molecule has 0 aliphatic carbocycles. The standard InChI is InChI=1S/C19H15F3N4O/c1-12-2-6-15(7-3-12)26-18(27)16-10-17(24-11-23-16)25-14-8-4-13(5-9-14)19(20,21)22/h2-11H,1H3,(H,26,27)(H,23,24,25). The molecule has 138 valence electrons. The van der Waals surface area contributed by atoms with Crippen LogP contribution < -0.4 is 10.6 Å². The summed E-state index contributed by atoms with van der Waals surface area (Å²) in [4.78, 5) is 20.2. The van der Waals surface area contributed by atoms with E-state index >= 15 is 0 Å². The van der Waals surface area contributed by atoms with Crippen LogP contribution in [-0.4, -0.2) is 15.9 Å². The molecular formula is C19H15F3N4O. The normalized spacial score (nSPS) is 11.1. The van der Waals surface area contributed by atoms with Gasteiger partial charge in [0.1, 0.15) is 17.8 Å². The molecule has 2 N–H and O–H groups in total. The van der Waals surface area contributed by atoms with E-state index in [1.165, 1.54) is 24.5 Å². The molecule has 27 heavy (non-hydrogen) atoms. The topological polar surface area (TPSA) is 66.9 Å². The second-order valence-corrected chi connectivity index (χ2v) is 5.81. The van der Waals surface area contributed by atoms with Gasteiger partial charge in [-0.2, -0.15) is 13.2 Å². The number of alkyl halides is 3. The van der Waals surface area contributed by atoms with Gasteiger partial charge in [-0.25, -0.2) is 9.97 Å². The minimum absolute atomic E-state index is 0.125. The zero-order valence-corrected chi connectivity index (χ0v) is 14.2. The molecule has 0 saturated carbocycles. The molecule has 0 fully saturated rings. The molecule has 0 spiro atoms. The number of carbonyl (C=O) groups is 1. The SMILES string of the molecule is Cc1ccc(NC(=O)c2cc(Nc3ccc(C(F)(F)F)cc3)ncn2)cc1. The van der Waals surface area contributed by atoms with Crippen LogP contribution >= 0.6 is 0 Å².